The van der Waals surface area contributed by atoms with Gasteiger partial charge in [0.15, 0.2) is 5.69 Å². The first-order valence-electron chi connectivity index (χ1n) is 6.49. The number of rotatable bonds is 7. The third-order valence-corrected chi connectivity index (χ3v) is 2.71. The first-order valence-corrected chi connectivity index (χ1v) is 6.49. The zero-order chi connectivity index (χ0) is 14.4. The van der Waals surface area contributed by atoms with E-state index in [9.17, 15) is 4.79 Å². The highest BCUT2D eigenvalue weighted by atomic mass is 16.4. The van der Waals surface area contributed by atoms with Crippen LogP contribution in [0.15, 0.2) is 18.3 Å². The molecule has 5 heteroatoms. The number of nitrogens with one attached hydrogen (secondary N) is 1. The number of hydrogen-bond donors (Lipinski definition) is 2. The van der Waals surface area contributed by atoms with Crippen molar-refractivity contribution in [2.24, 2.45) is 5.92 Å². The maximum atomic E-state index is 11.1. The Morgan fingerprint density at radius 2 is 2.16 bits per heavy atom. The van der Waals surface area contributed by atoms with Crippen molar-refractivity contribution in [3.05, 3.63) is 24.0 Å². The molecule has 1 unspecified atom stereocenters. The highest BCUT2D eigenvalue weighted by Crippen LogP contribution is 2.17. The highest BCUT2D eigenvalue weighted by Gasteiger charge is 2.16. The van der Waals surface area contributed by atoms with Crippen LogP contribution >= 0.6 is 0 Å². The minimum Gasteiger partial charge on any atom is -0.476 e. The molecule has 1 aromatic heterocycles. The van der Waals surface area contributed by atoms with E-state index in [0.29, 0.717) is 11.6 Å². The van der Waals surface area contributed by atoms with Crippen LogP contribution in [0.1, 0.15) is 30.8 Å². The zero-order valence-electron chi connectivity index (χ0n) is 12.1. The van der Waals surface area contributed by atoms with Crippen molar-refractivity contribution < 1.29 is 9.90 Å². The van der Waals surface area contributed by atoms with E-state index in [1.165, 1.54) is 6.20 Å². The van der Waals surface area contributed by atoms with Crippen molar-refractivity contribution in [1.82, 2.24) is 9.88 Å². The summed E-state index contributed by atoms with van der Waals surface area (Å²) in [7, 11) is 4.02. The first-order chi connectivity index (χ1) is 8.90. The van der Waals surface area contributed by atoms with Crippen LogP contribution in [0.5, 0.6) is 0 Å². The van der Waals surface area contributed by atoms with Crippen molar-refractivity contribution >= 4 is 11.7 Å². The van der Waals surface area contributed by atoms with Gasteiger partial charge in [0, 0.05) is 18.8 Å². The fourth-order valence-electron chi connectivity index (χ4n) is 2.10. The van der Waals surface area contributed by atoms with Gasteiger partial charge in [0.25, 0.3) is 0 Å². The molecule has 1 atom stereocenters. The summed E-state index contributed by atoms with van der Waals surface area (Å²) in [6.07, 6.45) is 2.48. The summed E-state index contributed by atoms with van der Waals surface area (Å²) in [5.74, 6) is -0.460. The summed E-state index contributed by atoms with van der Waals surface area (Å²) in [6.45, 7) is 5.17. The number of likely N-dealkylation sites (N-methyl/N-ethyl adjacent to an activating group) is 1. The zero-order valence-corrected chi connectivity index (χ0v) is 12.1. The smallest absolute Gasteiger partial charge is 0.356 e. The van der Waals surface area contributed by atoms with Gasteiger partial charge in [0.1, 0.15) is 0 Å². The molecule has 0 saturated carbocycles. The fraction of sp³-hybridized carbons (Fsp3) is 0.571. The molecule has 0 aliphatic carbocycles. The quantitative estimate of drug-likeness (QED) is 0.791. The Morgan fingerprint density at radius 3 is 2.68 bits per heavy atom. The molecule has 0 fully saturated rings. The number of carbonyl (C=O) groups is 1. The van der Waals surface area contributed by atoms with Crippen molar-refractivity contribution in [2.75, 3.05) is 26.0 Å². The highest BCUT2D eigenvalue weighted by molar-refractivity contribution is 5.91. The van der Waals surface area contributed by atoms with Gasteiger partial charge in [0.2, 0.25) is 0 Å². The second-order valence-corrected chi connectivity index (χ2v) is 5.44. The third kappa shape index (κ3) is 5.26. The largest absolute Gasteiger partial charge is 0.476 e. The van der Waals surface area contributed by atoms with Crippen LogP contribution in [0.2, 0.25) is 0 Å². The number of carboxylic acid groups (broad SMARTS) is 1. The van der Waals surface area contributed by atoms with Crippen LogP contribution in [0.4, 0.5) is 5.69 Å². The van der Waals surface area contributed by atoms with Gasteiger partial charge in [-0.05, 0) is 38.6 Å². The van der Waals surface area contributed by atoms with Crippen molar-refractivity contribution in [3.8, 4) is 0 Å². The van der Waals surface area contributed by atoms with Gasteiger partial charge in [-0.3, -0.25) is 0 Å². The molecule has 0 aromatic carbocycles. The Morgan fingerprint density at radius 1 is 1.47 bits per heavy atom. The number of pyridine rings is 1. The lowest BCUT2D eigenvalue weighted by atomic mass is 10.0. The van der Waals surface area contributed by atoms with Crippen molar-refractivity contribution in [3.63, 3.8) is 0 Å². The molecule has 1 aromatic rings. The summed E-state index contributed by atoms with van der Waals surface area (Å²) in [6, 6.07) is 3.72. The summed E-state index contributed by atoms with van der Waals surface area (Å²) in [5, 5.41) is 12.4. The predicted molar refractivity (Wildman–Crippen MR) is 76.6 cm³/mol. The van der Waals surface area contributed by atoms with Crippen LogP contribution < -0.4 is 5.32 Å². The molecule has 0 spiro atoms. The molecular weight excluding hydrogens is 242 g/mol. The molecule has 0 bridgehead atoms. The molecule has 0 aliphatic rings. The lowest BCUT2D eigenvalue weighted by Crippen LogP contribution is -2.34. The lowest BCUT2D eigenvalue weighted by Gasteiger charge is -2.25. The molecule has 5 nitrogen and oxygen atoms in total. The van der Waals surface area contributed by atoms with Gasteiger partial charge in [-0.2, -0.15) is 0 Å². The average molecular weight is 265 g/mol. The normalized spacial score (nSPS) is 12.7. The summed E-state index contributed by atoms with van der Waals surface area (Å²) in [5.41, 5.74) is 0.664. The minimum atomic E-state index is -1.00. The molecule has 0 radical (unpaired) electrons. The fourth-order valence-corrected chi connectivity index (χ4v) is 2.10. The van der Waals surface area contributed by atoms with E-state index in [1.807, 2.05) is 14.1 Å². The van der Waals surface area contributed by atoms with Gasteiger partial charge in [-0.1, -0.05) is 13.8 Å². The Hall–Kier alpha value is -1.62. The first kappa shape index (κ1) is 15.4. The van der Waals surface area contributed by atoms with Crippen LogP contribution in [-0.2, 0) is 0 Å². The van der Waals surface area contributed by atoms with Gasteiger partial charge in [-0.15, -0.1) is 0 Å². The number of aromatic carboxylic acids is 1. The molecule has 0 aliphatic heterocycles. The maximum Gasteiger partial charge on any atom is 0.356 e. The van der Waals surface area contributed by atoms with Crippen LogP contribution in [-0.4, -0.2) is 47.6 Å². The number of anilines is 1. The van der Waals surface area contributed by atoms with Crippen molar-refractivity contribution in [2.45, 2.75) is 26.3 Å². The monoisotopic (exact) mass is 265 g/mol. The van der Waals surface area contributed by atoms with Gasteiger partial charge in [-0.25, -0.2) is 9.78 Å². The molecule has 1 heterocycles. The second kappa shape index (κ2) is 7.09. The predicted octanol–water partition coefficient (Wildman–Crippen LogP) is 2.17. The summed E-state index contributed by atoms with van der Waals surface area (Å²) >= 11 is 0. The Balaban J connectivity index is 2.86. The van der Waals surface area contributed by atoms with E-state index in [0.717, 1.165) is 13.0 Å². The topological polar surface area (TPSA) is 65.5 Å². The van der Waals surface area contributed by atoms with E-state index >= 15 is 0 Å². The van der Waals surface area contributed by atoms with E-state index in [-0.39, 0.29) is 11.7 Å². The number of nitrogens with zero attached hydrogens (tertiary/aromatic N) is 2. The summed E-state index contributed by atoms with van der Waals surface area (Å²) in [4.78, 5) is 17.1. The molecule has 19 heavy (non-hydrogen) atoms. The number of carboxylic acids is 1. The Bertz CT molecular complexity index is 409. The van der Waals surface area contributed by atoms with E-state index in [2.05, 4.69) is 29.0 Å². The van der Waals surface area contributed by atoms with Gasteiger partial charge < -0.3 is 15.3 Å². The van der Waals surface area contributed by atoms with E-state index in [1.54, 1.807) is 12.1 Å². The molecule has 0 amide bonds. The average Bonchev–Trinajstić information content (AvgIpc) is 2.27. The number of aromatic nitrogens is 1. The maximum absolute atomic E-state index is 11.1. The van der Waals surface area contributed by atoms with Gasteiger partial charge in [0.05, 0.1) is 5.69 Å². The van der Waals surface area contributed by atoms with Gasteiger partial charge >= 0.3 is 5.97 Å². The Kier molecular flexibility index (Phi) is 5.76. The van der Waals surface area contributed by atoms with E-state index in [4.69, 9.17) is 5.11 Å². The van der Waals surface area contributed by atoms with E-state index < -0.39 is 5.97 Å². The van der Waals surface area contributed by atoms with Crippen LogP contribution in [0, 0.1) is 5.92 Å². The SMILES string of the molecule is CC(C)CC(CN(C)C)Nc1cccnc1C(=O)O. The number of hydrogen-bond acceptors (Lipinski definition) is 4. The van der Waals surface area contributed by atoms with Crippen LogP contribution in [0.25, 0.3) is 0 Å². The minimum absolute atomic E-state index is 0.0787. The summed E-state index contributed by atoms with van der Waals surface area (Å²) < 4.78 is 0. The molecule has 0 saturated heterocycles. The van der Waals surface area contributed by atoms with Crippen LogP contribution in [0.3, 0.4) is 0 Å². The third-order valence-electron chi connectivity index (χ3n) is 2.71. The molecule has 2 N–H and O–H groups in total. The standard InChI is InChI=1S/C14H23N3O2/c1-10(2)8-11(9-17(3)4)16-12-6-5-7-15-13(12)14(18)19/h5-7,10-11,16H,8-9H2,1-4H3,(H,18,19). The Labute approximate surface area is 114 Å². The molecular formula is C14H23N3O2. The lowest BCUT2D eigenvalue weighted by molar-refractivity contribution is 0.0691. The second-order valence-electron chi connectivity index (χ2n) is 5.44. The molecule has 106 valence electrons. The molecule has 1 rings (SSSR count). The van der Waals surface area contributed by atoms with Crippen molar-refractivity contribution in [1.29, 1.82) is 0 Å².